The smallest absolute Gasteiger partial charge is 0.222 e. The molecule has 0 spiro atoms. The van der Waals surface area contributed by atoms with Crippen LogP contribution in [0.3, 0.4) is 0 Å². The topological polar surface area (TPSA) is 72.5 Å². The van der Waals surface area contributed by atoms with Crippen LogP contribution in [0.2, 0.25) is 0 Å². The Hall–Kier alpha value is -2.76. The maximum Gasteiger partial charge on any atom is 0.222 e. The highest BCUT2D eigenvalue weighted by atomic mass is 16.5. The van der Waals surface area contributed by atoms with Gasteiger partial charge in [0.2, 0.25) is 5.91 Å². The number of ether oxygens (including phenoxy) is 2. The molecule has 6 nitrogen and oxygen atoms in total. The van der Waals surface area contributed by atoms with Gasteiger partial charge in [-0.1, -0.05) is 6.07 Å². The van der Waals surface area contributed by atoms with Gasteiger partial charge in [0, 0.05) is 25.2 Å². The molecule has 0 saturated heterocycles. The Morgan fingerprint density at radius 1 is 1.17 bits per heavy atom. The summed E-state index contributed by atoms with van der Waals surface area (Å²) >= 11 is 0. The number of hydrogen-bond donors (Lipinski definition) is 2. The molecular weight excluding hydrogens is 294 g/mol. The van der Waals surface area contributed by atoms with Gasteiger partial charge in [-0.2, -0.15) is 0 Å². The van der Waals surface area contributed by atoms with Crippen LogP contribution in [0.15, 0.2) is 42.6 Å². The highest BCUT2D eigenvalue weighted by Crippen LogP contribution is 2.28. The first kappa shape index (κ1) is 16.6. The Bertz CT molecular complexity index is 632. The minimum atomic E-state index is -0.0370. The van der Waals surface area contributed by atoms with Gasteiger partial charge in [0.05, 0.1) is 32.1 Å². The van der Waals surface area contributed by atoms with Crippen LogP contribution < -0.4 is 20.1 Å². The molecule has 23 heavy (non-hydrogen) atoms. The predicted octanol–water partition coefficient (Wildman–Crippen LogP) is 2.22. The van der Waals surface area contributed by atoms with E-state index in [0.29, 0.717) is 25.3 Å². The van der Waals surface area contributed by atoms with Crippen molar-refractivity contribution in [2.75, 3.05) is 26.1 Å². The van der Waals surface area contributed by atoms with E-state index in [2.05, 4.69) is 15.6 Å². The van der Waals surface area contributed by atoms with Crippen LogP contribution in [0.1, 0.15) is 12.1 Å². The second-order valence-corrected chi connectivity index (χ2v) is 4.84. The second kappa shape index (κ2) is 8.63. The SMILES string of the molecule is COc1ccc(OC)c(NCCC(=O)NCc2ccccn2)c1. The largest absolute Gasteiger partial charge is 0.497 e. The number of benzene rings is 1. The first-order valence-electron chi connectivity index (χ1n) is 7.35. The summed E-state index contributed by atoms with van der Waals surface area (Å²) in [7, 11) is 3.21. The molecule has 0 radical (unpaired) electrons. The van der Waals surface area contributed by atoms with Crippen molar-refractivity contribution in [3.05, 3.63) is 48.3 Å². The molecule has 0 aliphatic rings. The van der Waals surface area contributed by atoms with Crippen LogP contribution >= 0.6 is 0 Å². The van der Waals surface area contributed by atoms with E-state index in [1.165, 1.54) is 0 Å². The van der Waals surface area contributed by atoms with Crippen molar-refractivity contribution in [1.82, 2.24) is 10.3 Å². The third-order valence-corrected chi connectivity index (χ3v) is 3.27. The van der Waals surface area contributed by atoms with Crippen LogP contribution in [0.4, 0.5) is 5.69 Å². The van der Waals surface area contributed by atoms with E-state index in [0.717, 1.165) is 17.1 Å². The minimum Gasteiger partial charge on any atom is -0.497 e. The molecule has 0 bridgehead atoms. The van der Waals surface area contributed by atoms with Crippen molar-refractivity contribution in [3.8, 4) is 11.5 Å². The Labute approximate surface area is 135 Å². The summed E-state index contributed by atoms with van der Waals surface area (Å²) in [4.78, 5) is 16.0. The number of pyridine rings is 1. The van der Waals surface area contributed by atoms with Crippen LogP contribution in [0.5, 0.6) is 11.5 Å². The van der Waals surface area contributed by atoms with Crippen LogP contribution in [0, 0.1) is 0 Å². The van der Waals surface area contributed by atoms with Crippen LogP contribution in [-0.2, 0) is 11.3 Å². The van der Waals surface area contributed by atoms with Gasteiger partial charge >= 0.3 is 0 Å². The molecule has 1 aromatic carbocycles. The normalized spacial score (nSPS) is 10.0. The molecule has 2 rings (SSSR count). The van der Waals surface area contributed by atoms with Crippen molar-refractivity contribution in [3.63, 3.8) is 0 Å². The van der Waals surface area contributed by atoms with Crippen molar-refractivity contribution in [2.45, 2.75) is 13.0 Å². The Morgan fingerprint density at radius 2 is 2.04 bits per heavy atom. The van der Waals surface area contributed by atoms with Gasteiger partial charge in [0.1, 0.15) is 11.5 Å². The highest BCUT2D eigenvalue weighted by Gasteiger charge is 2.06. The molecule has 122 valence electrons. The van der Waals surface area contributed by atoms with E-state index < -0.39 is 0 Å². The number of rotatable bonds is 8. The average Bonchev–Trinajstić information content (AvgIpc) is 2.60. The maximum atomic E-state index is 11.8. The lowest BCUT2D eigenvalue weighted by Gasteiger charge is -2.12. The number of hydrogen-bond acceptors (Lipinski definition) is 5. The summed E-state index contributed by atoms with van der Waals surface area (Å²) in [5.74, 6) is 1.40. The summed E-state index contributed by atoms with van der Waals surface area (Å²) in [6, 6.07) is 11.1. The average molecular weight is 315 g/mol. The van der Waals surface area contributed by atoms with E-state index in [1.807, 2.05) is 36.4 Å². The van der Waals surface area contributed by atoms with Gasteiger partial charge < -0.3 is 20.1 Å². The predicted molar refractivity (Wildman–Crippen MR) is 88.7 cm³/mol. The van der Waals surface area contributed by atoms with E-state index in [4.69, 9.17) is 9.47 Å². The fraction of sp³-hybridized carbons (Fsp3) is 0.294. The molecule has 1 aromatic heterocycles. The van der Waals surface area contributed by atoms with Crippen molar-refractivity contribution < 1.29 is 14.3 Å². The minimum absolute atomic E-state index is 0.0370. The summed E-state index contributed by atoms with van der Waals surface area (Å²) < 4.78 is 10.5. The fourth-order valence-electron chi connectivity index (χ4n) is 2.04. The van der Waals surface area contributed by atoms with Crippen LogP contribution in [-0.4, -0.2) is 31.7 Å². The van der Waals surface area contributed by atoms with Gasteiger partial charge in [0.25, 0.3) is 0 Å². The highest BCUT2D eigenvalue weighted by molar-refractivity contribution is 5.76. The third kappa shape index (κ3) is 5.18. The Morgan fingerprint density at radius 3 is 2.74 bits per heavy atom. The lowest BCUT2D eigenvalue weighted by atomic mass is 10.2. The molecule has 6 heteroatoms. The van der Waals surface area contributed by atoms with Crippen LogP contribution in [0.25, 0.3) is 0 Å². The summed E-state index contributed by atoms with van der Waals surface area (Å²) in [6.45, 7) is 0.930. The summed E-state index contributed by atoms with van der Waals surface area (Å²) in [6.07, 6.45) is 2.06. The van der Waals surface area contributed by atoms with Gasteiger partial charge in [-0.3, -0.25) is 9.78 Å². The number of carbonyl (C=O) groups is 1. The zero-order chi connectivity index (χ0) is 16.5. The van der Waals surface area contributed by atoms with Crippen molar-refractivity contribution in [1.29, 1.82) is 0 Å². The molecule has 2 N–H and O–H groups in total. The molecule has 0 saturated carbocycles. The number of anilines is 1. The molecule has 0 fully saturated rings. The number of methoxy groups -OCH3 is 2. The quantitative estimate of drug-likeness (QED) is 0.781. The maximum absolute atomic E-state index is 11.8. The lowest BCUT2D eigenvalue weighted by molar-refractivity contribution is -0.121. The van der Waals surface area contributed by atoms with E-state index in [-0.39, 0.29) is 5.91 Å². The standard InChI is InChI=1S/C17H21N3O3/c1-22-14-6-7-16(23-2)15(11-14)19-10-8-17(21)20-12-13-5-3-4-9-18-13/h3-7,9,11,19H,8,10,12H2,1-2H3,(H,20,21). The zero-order valence-corrected chi connectivity index (χ0v) is 13.3. The Balaban J connectivity index is 1.79. The zero-order valence-electron chi connectivity index (χ0n) is 13.3. The summed E-state index contributed by atoms with van der Waals surface area (Å²) in [5, 5.41) is 6.03. The van der Waals surface area contributed by atoms with Crippen molar-refractivity contribution in [2.24, 2.45) is 0 Å². The molecule has 0 atom stereocenters. The van der Waals surface area contributed by atoms with E-state index >= 15 is 0 Å². The Kier molecular flexibility index (Phi) is 6.23. The molecule has 1 amide bonds. The van der Waals surface area contributed by atoms with Gasteiger partial charge in [-0.15, -0.1) is 0 Å². The molecule has 1 heterocycles. The monoisotopic (exact) mass is 315 g/mol. The van der Waals surface area contributed by atoms with E-state index in [1.54, 1.807) is 20.4 Å². The number of carbonyl (C=O) groups excluding carboxylic acids is 1. The van der Waals surface area contributed by atoms with Crippen molar-refractivity contribution >= 4 is 11.6 Å². The lowest BCUT2D eigenvalue weighted by Crippen LogP contribution is -2.25. The third-order valence-electron chi connectivity index (χ3n) is 3.27. The first-order chi connectivity index (χ1) is 11.2. The second-order valence-electron chi connectivity index (χ2n) is 4.84. The van der Waals surface area contributed by atoms with Gasteiger partial charge in [-0.25, -0.2) is 0 Å². The number of nitrogens with zero attached hydrogens (tertiary/aromatic N) is 1. The number of nitrogens with one attached hydrogen (secondary N) is 2. The molecule has 2 aromatic rings. The number of amides is 1. The van der Waals surface area contributed by atoms with E-state index in [9.17, 15) is 4.79 Å². The molecular formula is C17H21N3O3. The molecule has 0 aliphatic carbocycles. The summed E-state index contributed by atoms with van der Waals surface area (Å²) in [5.41, 5.74) is 1.63. The van der Waals surface area contributed by atoms with Gasteiger partial charge in [0.15, 0.2) is 0 Å². The molecule has 0 unspecified atom stereocenters. The number of aromatic nitrogens is 1. The van der Waals surface area contributed by atoms with Gasteiger partial charge in [-0.05, 0) is 24.3 Å². The first-order valence-corrected chi connectivity index (χ1v) is 7.35. The fourth-order valence-corrected chi connectivity index (χ4v) is 2.04. The molecule has 0 aliphatic heterocycles.